The number of nitrogens with one attached hydrogen (secondary N) is 2. The summed E-state index contributed by atoms with van der Waals surface area (Å²) in [5, 5.41) is 7.73. The molecule has 0 amide bonds. The predicted molar refractivity (Wildman–Crippen MR) is 96.3 cm³/mol. The van der Waals surface area contributed by atoms with E-state index in [0.29, 0.717) is 11.3 Å². The van der Waals surface area contributed by atoms with Gasteiger partial charge in [-0.05, 0) is 42.5 Å². The van der Waals surface area contributed by atoms with Crippen molar-refractivity contribution in [3.8, 4) is 0 Å². The van der Waals surface area contributed by atoms with Gasteiger partial charge in [-0.2, -0.15) is 0 Å². The number of piperazine rings is 1. The fourth-order valence-corrected chi connectivity index (χ4v) is 3.96. The Morgan fingerprint density at radius 2 is 1.84 bits per heavy atom. The second-order valence-corrected chi connectivity index (χ2v) is 7.60. The van der Waals surface area contributed by atoms with Gasteiger partial charge in [-0.1, -0.05) is 5.16 Å². The number of rotatable bonds is 4. The Hall–Kier alpha value is -2.58. The standard InChI is InChI=1S/C17H18N4O3S/c22-25(23,20-14-1-6-17-13(11-14)12-19-24-17)16-4-2-15(3-5-16)21-9-7-18-8-10-21/h1-6,11-12,18,20H,7-10H2. The molecule has 0 atom stereocenters. The molecule has 1 aliphatic rings. The van der Waals surface area contributed by atoms with Crippen LogP contribution in [0.5, 0.6) is 0 Å². The maximum atomic E-state index is 12.6. The van der Waals surface area contributed by atoms with Crippen LogP contribution in [0.3, 0.4) is 0 Å². The van der Waals surface area contributed by atoms with Crippen LogP contribution in [0.4, 0.5) is 11.4 Å². The minimum Gasteiger partial charge on any atom is -0.369 e. The molecule has 0 radical (unpaired) electrons. The fourth-order valence-electron chi connectivity index (χ4n) is 2.91. The van der Waals surface area contributed by atoms with E-state index in [0.717, 1.165) is 37.3 Å². The first-order valence-corrected chi connectivity index (χ1v) is 9.53. The lowest BCUT2D eigenvalue weighted by Crippen LogP contribution is -2.43. The van der Waals surface area contributed by atoms with Gasteiger partial charge in [-0.3, -0.25) is 4.72 Å². The molecule has 2 heterocycles. The van der Waals surface area contributed by atoms with Gasteiger partial charge in [0.2, 0.25) is 0 Å². The SMILES string of the molecule is O=S(=O)(Nc1ccc2oncc2c1)c1ccc(N2CCNCC2)cc1. The van der Waals surface area contributed by atoms with Crippen molar-refractivity contribution in [2.24, 2.45) is 0 Å². The van der Waals surface area contributed by atoms with Crippen molar-refractivity contribution in [3.63, 3.8) is 0 Å². The zero-order valence-corrected chi connectivity index (χ0v) is 14.3. The third-order valence-corrected chi connectivity index (χ3v) is 5.63. The van der Waals surface area contributed by atoms with Gasteiger partial charge in [-0.15, -0.1) is 0 Å². The molecule has 130 valence electrons. The molecule has 0 aliphatic carbocycles. The number of hydrogen-bond acceptors (Lipinski definition) is 6. The number of benzene rings is 2. The molecular formula is C17H18N4O3S. The highest BCUT2D eigenvalue weighted by molar-refractivity contribution is 7.92. The second-order valence-electron chi connectivity index (χ2n) is 5.91. The summed E-state index contributed by atoms with van der Waals surface area (Å²) in [5.41, 5.74) is 2.12. The zero-order valence-electron chi connectivity index (χ0n) is 13.5. The summed E-state index contributed by atoms with van der Waals surface area (Å²) >= 11 is 0. The highest BCUT2D eigenvalue weighted by atomic mass is 32.2. The lowest BCUT2D eigenvalue weighted by molar-refractivity contribution is 0.456. The topological polar surface area (TPSA) is 87.5 Å². The van der Waals surface area contributed by atoms with Crippen molar-refractivity contribution in [1.82, 2.24) is 10.5 Å². The number of aromatic nitrogens is 1. The Morgan fingerprint density at radius 3 is 2.60 bits per heavy atom. The minimum atomic E-state index is -3.64. The summed E-state index contributed by atoms with van der Waals surface area (Å²) in [7, 11) is -3.64. The van der Waals surface area contributed by atoms with Crippen molar-refractivity contribution in [3.05, 3.63) is 48.7 Å². The minimum absolute atomic E-state index is 0.233. The summed E-state index contributed by atoms with van der Waals surface area (Å²) < 4.78 is 32.8. The lowest BCUT2D eigenvalue weighted by atomic mass is 10.2. The first-order valence-electron chi connectivity index (χ1n) is 8.05. The molecule has 1 saturated heterocycles. The highest BCUT2D eigenvalue weighted by Crippen LogP contribution is 2.23. The van der Waals surface area contributed by atoms with Crippen LogP contribution in [0.15, 0.2) is 58.1 Å². The van der Waals surface area contributed by atoms with Gasteiger partial charge in [0.1, 0.15) is 0 Å². The molecule has 8 heteroatoms. The third-order valence-electron chi connectivity index (χ3n) is 4.23. The van der Waals surface area contributed by atoms with Gasteiger partial charge in [0.25, 0.3) is 10.0 Å². The van der Waals surface area contributed by atoms with Crippen molar-refractivity contribution in [1.29, 1.82) is 0 Å². The molecule has 0 spiro atoms. The number of hydrogen-bond donors (Lipinski definition) is 2. The first-order chi connectivity index (χ1) is 12.1. The predicted octanol–water partition coefficient (Wildman–Crippen LogP) is 2.04. The van der Waals surface area contributed by atoms with E-state index < -0.39 is 10.0 Å². The van der Waals surface area contributed by atoms with Gasteiger partial charge in [0.05, 0.1) is 11.1 Å². The van der Waals surface area contributed by atoms with Crippen LogP contribution >= 0.6 is 0 Å². The maximum absolute atomic E-state index is 12.6. The Labute approximate surface area is 145 Å². The number of nitrogens with zero attached hydrogens (tertiary/aromatic N) is 2. The first kappa shape index (κ1) is 15.9. The van der Waals surface area contributed by atoms with E-state index in [1.54, 1.807) is 36.5 Å². The zero-order chi connectivity index (χ0) is 17.3. The number of anilines is 2. The Kier molecular flexibility index (Phi) is 4.06. The van der Waals surface area contributed by atoms with Gasteiger partial charge in [-0.25, -0.2) is 8.42 Å². The van der Waals surface area contributed by atoms with Crippen LogP contribution in [0.2, 0.25) is 0 Å². The Balaban J connectivity index is 1.54. The summed E-state index contributed by atoms with van der Waals surface area (Å²) in [4.78, 5) is 2.47. The molecule has 3 aromatic rings. The van der Waals surface area contributed by atoms with Crippen molar-refractivity contribution in [2.75, 3.05) is 35.8 Å². The normalized spacial score (nSPS) is 15.4. The summed E-state index contributed by atoms with van der Waals surface area (Å²) in [6.07, 6.45) is 1.55. The van der Waals surface area contributed by atoms with E-state index in [9.17, 15) is 8.42 Å². The van der Waals surface area contributed by atoms with Crippen LogP contribution < -0.4 is 14.9 Å². The summed E-state index contributed by atoms with van der Waals surface area (Å²) in [5.74, 6) is 0. The fraction of sp³-hybridized carbons (Fsp3) is 0.235. The average Bonchev–Trinajstić information content (AvgIpc) is 3.10. The molecule has 1 fully saturated rings. The monoisotopic (exact) mass is 358 g/mol. The van der Waals surface area contributed by atoms with Crippen molar-refractivity contribution in [2.45, 2.75) is 4.90 Å². The van der Waals surface area contributed by atoms with E-state index in [-0.39, 0.29) is 4.90 Å². The number of sulfonamides is 1. The molecule has 2 aromatic carbocycles. The largest absolute Gasteiger partial charge is 0.369 e. The molecule has 0 saturated carbocycles. The molecule has 7 nitrogen and oxygen atoms in total. The molecule has 0 unspecified atom stereocenters. The molecule has 25 heavy (non-hydrogen) atoms. The smallest absolute Gasteiger partial charge is 0.261 e. The quantitative estimate of drug-likeness (QED) is 0.742. The molecule has 0 bridgehead atoms. The van der Waals surface area contributed by atoms with Crippen molar-refractivity contribution < 1.29 is 12.9 Å². The van der Waals surface area contributed by atoms with Crippen LogP contribution in [-0.4, -0.2) is 39.8 Å². The van der Waals surface area contributed by atoms with E-state index in [1.807, 2.05) is 12.1 Å². The third kappa shape index (κ3) is 3.31. The highest BCUT2D eigenvalue weighted by Gasteiger charge is 2.16. The van der Waals surface area contributed by atoms with Crippen LogP contribution in [0, 0.1) is 0 Å². The van der Waals surface area contributed by atoms with Crippen molar-refractivity contribution >= 4 is 32.4 Å². The summed E-state index contributed by atoms with van der Waals surface area (Å²) in [6, 6.07) is 12.0. The second kappa shape index (κ2) is 6.38. The van der Waals surface area contributed by atoms with E-state index in [1.165, 1.54) is 0 Å². The van der Waals surface area contributed by atoms with Crippen LogP contribution in [0.25, 0.3) is 11.0 Å². The van der Waals surface area contributed by atoms with Gasteiger partial charge in [0.15, 0.2) is 5.58 Å². The molecule has 4 rings (SSSR count). The van der Waals surface area contributed by atoms with Crippen LogP contribution in [0.1, 0.15) is 0 Å². The Bertz CT molecular complexity index is 977. The van der Waals surface area contributed by atoms with Gasteiger partial charge >= 0.3 is 0 Å². The molecule has 2 N–H and O–H groups in total. The van der Waals surface area contributed by atoms with E-state index in [4.69, 9.17) is 4.52 Å². The van der Waals surface area contributed by atoms with E-state index >= 15 is 0 Å². The maximum Gasteiger partial charge on any atom is 0.261 e. The van der Waals surface area contributed by atoms with E-state index in [2.05, 4.69) is 20.1 Å². The Morgan fingerprint density at radius 1 is 1.08 bits per heavy atom. The molecule has 1 aromatic heterocycles. The summed E-state index contributed by atoms with van der Waals surface area (Å²) in [6.45, 7) is 3.71. The molecular weight excluding hydrogens is 340 g/mol. The number of fused-ring (bicyclic) bond motifs is 1. The van der Waals surface area contributed by atoms with Crippen LogP contribution in [-0.2, 0) is 10.0 Å². The lowest BCUT2D eigenvalue weighted by Gasteiger charge is -2.29. The van der Waals surface area contributed by atoms with Gasteiger partial charge in [0, 0.05) is 42.9 Å². The van der Waals surface area contributed by atoms with Gasteiger partial charge < -0.3 is 14.7 Å². The molecule has 1 aliphatic heterocycles. The average molecular weight is 358 g/mol.